The molecule has 0 fully saturated rings. The van der Waals surface area contributed by atoms with Crippen LogP contribution in [0, 0.1) is 0 Å². The lowest BCUT2D eigenvalue weighted by molar-refractivity contribution is 0.101. The Morgan fingerprint density at radius 3 is 2.00 bits per heavy atom. The lowest BCUT2D eigenvalue weighted by atomic mass is 9.92. The Kier molecular flexibility index (Phi) is 4.68. The first-order chi connectivity index (χ1) is 10.1. The maximum atomic E-state index is 11.3. The molecular formula is C20H18O. The van der Waals surface area contributed by atoms with Gasteiger partial charge in [-0.15, -0.1) is 0 Å². The summed E-state index contributed by atoms with van der Waals surface area (Å²) in [6, 6.07) is 17.6. The molecule has 0 aliphatic rings. The van der Waals surface area contributed by atoms with Crippen molar-refractivity contribution in [3.63, 3.8) is 0 Å². The van der Waals surface area contributed by atoms with Gasteiger partial charge in [-0.05, 0) is 29.2 Å². The number of Topliss-reactive ketones (excluding diaryl/α,β-unsaturated/α-hetero) is 1. The van der Waals surface area contributed by atoms with Gasteiger partial charge in [0.1, 0.15) is 0 Å². The van der Waals surface area contributed by atoms with Crippen molar-refractivity contribution in [2.75, 3.05) is 0 Å². The van der Waals surface area contributed by atoms with E-state index in [0.717, 1.165) is 22.3 Å². The third kappa shape index (κ3) is 3.46. The van der Waals surface area contributed by atoms with Crippen molar-refractivity contribution in [1.29, 1.82) is 0 Å². The van der Waals surface area contributed by atoms with Crippen LogP contribution in [-0.4, -0.2) is 5.78 Å². The van der Waals surface area contributed by atoms with Gasteiger partial charge in [0.2, 0.25) is 0 Å². The summed E-state index contributed by atoms with van der Waals surface area (Å²) in [7, 11) is 0. The fraction of sp³-hybridized carbons (Fsp3) is 0.0500. The molecule has 21 heavy (non-hydrogen) atoms. The highest BCUT2D eigenvalue weighted by atomic mass is 16.1. The Balaban J connectivity index is 2.38. The number of carbonyl (C=O) groups is 1. The van der Waals surface area contributed by atoms with E-state index in [2.05, 4.69) is 13.2 Å². The lowest BCUT2D eigenvalue weighted by Crippen LogP contribution is -1.93. The molecule has 0 amide bonds. The first-order valence-electron chi connectivity index (χ1n) is 6.82. The molecule has 0 aliphatic heterocycles. The lowest BCUT2D eigenvalue weighted by Gasteiger charge is -2.12. The van der Waals surface area contributed by atoms with Crippen LogP contribution < -0.4 is 0 Å². The van der Waals surface area contributed by atoms with Gasteiger partial charge in [-0.1, -0.05) is 79.9 Å². The second-order valence-corrected chi connectivity index (χ2v) is 4.79. The van der Waals surface area contributed by atoms with Crippen LogP contribution in [0.15, 0.2) is 79.9 Å². The zero-order valence-electron chi connectivity index (χ0n) is 12.2. The Hall–Kier alpha value is -2.67. The van der Waals surface area contributed by atoms with E-state index in [-0.39, 0.29) is 5.78 Å². The van der Waals surface area contributed by atoms with Crippen molar-refractivity contribution < 1.29 is 4.79 Å². The van der Waals surface area contributed by atoms with Crippen LogP contribution >= 0.6 is 0 Å². The maximum Gasteiger partial charge on any atom is 0.159 e. The molecule has 0 heterocycles. The Morgan fingerprint density at radius 2 is 1.48 bits per heavy atom. The number of hydrogen-bond donors (Lipinski definition) is 0. The van der Waals surface area contributed by atoms with Gasteiger partial charge in [-0.2, -0.15) is 0 Å². The third-order valence-electron chi connectivity index (χ3n) is 3.33. The van der Waals surface area contributed by atoms with Crippen LogP contribution in [0.2, 0.25) is 0 Å². The topological polar surface area (TPSA) is 17.1 Å². The first-order valence-corrected chi connectivity index (χ1v) is 6.82. The minimum Gasteiger partial charge on any atom is -0.295 e. The summed E-state index contributed by atoms with van der Waals surface area (Å²) in [6.45, 7) is 9.54. The van der Waals surface area contributed by atoms with Gasteiger partial charge < -0.3 is 0 Å². The first kappa shape index (κ1) is 14.7. The zero-order chi connectivity index (χ0) is 15.2. The molecule has 0 radical (unpaired) electrons. The van der Waals surface area contributed by atoms with Crippen LogP contribution in [0.1, 0.15) is 28.4 Å². The van der Waals surface area contributed by atoms with E-state index < -0.39 is 0 Å². The van der Waals surface area contributed by atoms with Gasteiger partial charge in [-0.25, -0.2) is 0 Å². The van der Waals surface area contributed by atoms with Gasteiger partial charge in [0, 0.05) is 5.56 Å². The molecule has 0 aliphatic carbocycles. The molecule has 104 valence electrons. The summed E-state index contributed by atoms with van der Waals surface area (Å²) in [5, 5.41) is 0. The van der Waals surface area contributed by atoms with E-state index in [1.54, 1.807) is 13.0 Å². The van der Waals surface area contributed by atoms with Gasteiger partial charge in [0.15, 0.2) is 5.78 Å². The fourth-order valence-corrected chi connectivity index (χ4v) is 2.17. The summed E-state index contributed by atoms with van der Waals surface area (Å²) in [5.74, 6) is 0.0667. The van der Waals surface area contributed by atoms with Gasteiger partial charge >= 0.3 is 0 Å². The number of ketones is 1. The van der Waals surface area contributed by atoms with Crippen molar-refractivity contribution in [2.45, 2.75) is 6.92 Å². The highest BCUT2D eigenvalue weighted by molar-refractivity contribution is 6.04. The minimum atomic E-state index is 0.0667. The molecule has 1 heteroatoms. The van der Waals surface area contributed by atoms with Gasteiger partial charge in [0.25, 0.3) is 0 Å². The molecule has 2 rings (SSSR count). The molecule has 0 spiro atoms. The van der Waals surface area contributed by atoms with Crippen molar-refractivity contribution in [2.24, 2.45) is 0 Å². The summed E-state index contributed by atoms with van der Waals surface area (Å²) in [6.07, 6.45) is 3.72. The molecule has 0 saturated carbocycles. The average molecular weight is 274 g/mol. The maximum absolute atomic E-state index is 11.3. The van der Waals surface area contributed by atoms with E-state index in [4.69, 9.17) is 0 Å². The highest BCUT2D eigenvalue weighted by Gasteiger charge is 2.08. The van der Waals surface area contributed by atoms with Gasteiger partial charge in [-0.3, -0.25) is 4.79 Å². The monoisotopic (exact) mass is 274 g/mol. The number of benzene rings is 2. The fourth-order valence-electron chi connectivity index (χ4n) is 2.17. The van der Waals surface area contributed by atoms with E-state index in [1.807, 2.05) is 60.7 Å². The van der Waals surface area contributed by atoms with Crippen molar-refractivity contribution >= 4 is 16.9 Å². The van der Waals surface area contributed by atoms with Crippen molar-refractivity contribution in [1.82, 2.24) is 0 Å². The largest absolute Gasteiger partial charge is 0.295 e. The molecule has 0 unspecified atom stereocenters. The van der Waals surface area contributed by atoms with E-state index in [1.165, 1.54) is 0 Å². The summed E-state index contributed by atoms with van der Waals surface area (Å²) >= 11 is 0. The standard InChI is InChI=1S/C20H18O/c1-4-8-20(19-9-6-5-7-10-19)15(2)17-11-13-18(14-12-17)16(3)21/h4-14H,1-2H2,3H3/b20-8+. The Bertz CT molecular complexity index is 688. The molecule has 2 aromatic rings. The van der Waals surface area contributed by atoms with Crippen LogP contribution in [0.5, 0.6) is 0 Å². The number of allylic oxidation sites excluding steroid dienone is 4. The quantitative estimate of drug-likeness (QED) is 0.543. The summed E-state index contributed by atoms with van der Waals surface area (Å²) in [5.41, 5.74) is 4.74. The Morgan fingerprint density at radius 1 is 0.905 bits per heavy atom. The molecule has 2 aromatic carbocycles. The normalized spacial score (nSPS) is 11.0. The van der Waals surface area contributed by atoms with Crippen LogP contribution in [0.4, 0.5) is 0 Å². The summed E-state index contributed by atoms with van der Waals surface area (Å²) in [4.78, 5) is 11.3. The van der Waals surface area contributed by atoms with Gasteiger partial charge in [0.05, 0.1) is 0 Å². The molecule has 0 bridgehead atoms. The average Bonchev–Trinajstić information content (AvgIpc) is 2.53. The molecule has 0 saturated heterocycles. The molecular weight excluding hydrogens is 256 g/mol. The van der Waals surface area contributed by atoms with Crippen LogP contribution in [0.3, 0.4) is 0 Å². The van der Waals surface area contributed by atoms with E-state index in [0.29, 0.717) is 5.56 Å². The van der Waals surface area contributed by atoms with E-state index >= 15 is 0 Å². The number of rotatable bonds is 5. The second kappa shape index (κ2) is 6.67. The third-order valence-corrected chi connectivity index (χ3v) is 3.33. The van der Waals surface area contributed by atoms with Crippen molar-refractivity contribution in [3.8, 4) is 0 Å². The predicted molar refractivity (Wildman–Crippen MR) is 90.1 cm³/mol. The predicted octanol–water partition coefficient (Wildman–Crippen LogP) is 5.17. The van der Waals surface area contributed by atoms with Crippen molar-refractivity contribution in [3.05, 3.63) is 96.6 Å². The summed E-state index contributed by atoms with van der Waals surface area (Å²) < 4.78 is 0. The number of hydrogen-bond acceptors (Lipinski definition) is 1. The minimum absolute atomic E-state index is 0.0667. The SMILES string of the molecule is C=C/C=C(\C(=C)c1ccc(C(C)=O)cc1)c1ccccc1. The molecule has 0 aromatic heterocycles. The highest BCUT2D eigenvalue weighted by Crippen LogP contribution is 2.29. The molecule has 1 nitrogen and oxygen atoms in total. The Labute approximate surface area is 126 Å². The second-order valence-electron chi connectivity index (χ2n) is 4.79. The van der Waals surface area contributed by atoms with E-state index in [9.17, 15) is 4.79 Å². The molecule has 0 N–H and O–H groups in total. The zero-order valence-corrected chi connectivity index (χ0v) is 12.2. The van der Waals surface area contributed by atoms with Crippen LogP contribution in [-0.2, 0) is 0 Å². The number of carbonyl (C=O) groups excluding carboxylic acids is 1. The molecule has 0 atom stereocenters. The smallest absolute Gasteiger partial charge is 0.159 e. The van der Waals surface area contributed by atoms with Crippen LogP contribution in [0.25, 0.3) is 11.1 Å².